The molecule has 0 atom stereocenters. The number of guanidine groups is 1. The summed E-state index contributed by atoms with van der Waals surface area (Å²) in [6, 6.07) is 8.29. The molecule has 2 rings (SSSR count). The van der Waals surface area contributed by atoms with Crippen molar-refractivity contribution in [3.8, 4) is 5.75 Å². The number of nitrogens with one attached hydrogen (secondary N) is 2. The number of aliphatic imine (C=N–C) groups is 1. The van der Waals surface area contributed by atoms with Gasteiger partial charge in [-0.15, -0.1) is 24.0 Å². The molecule has 0 spiro atoms. The van der Waals surface area contributed by atoms with E-state index in [1.54, 1.807) is 21.3 Å². The lowest BCUT2D eigenvalue weighted by Gasteiger charge is -2.21. The summed E-state index contributed by atoms with van der Waals surface area (Å²) in [5.74, 6) is 1.80. The van der Waals surface area contributed by atoms with Crippen molar-refractivity contribution in [2.24, 2.45) is 4.99 Å². The van der Waals surface area contributed by atoms with E-state index in [9.17, 15) is 0 Å². The monoisotopic (exact) mass is 477 g/mol. The number of hydrogen-bond acceptors (Lipinski definition) is 4. The quantitative estimate of drug-likeness (QED) is 0.222. The zero-order valence-corrected chi connectivity index (χ0v) is 18.4. The number of ether oxygens (including phenoxy) is 3. The first-order valence-corrected chi connectivity index (χ1v) is 8.90. The van der Waals surface area contributed by atoms with Crippen LogP contribution in [0.25, 0.3) is 0 Å². The Bertz CT molecular complexity index is 551. The zero-order chi connectivity index (χ0) is 18.0. The molecule has 1 fully saturated rings. The average Bonchev–Trinajstić information content (AvgIpc) is 3.44. The van der Waals surface area contributed by atoms with E-state index in [4.69, 9.17) is 14.2 Å². The molecule has 2 N–H and O–H groups in total. The molecule has 0 heterocycles. The predicted octanol–water partition coefficient (Wildman–Crippen LogP) is 2.56. The highest BCUT2D eigenvalue weighted by Gasteiger charge is 2.45. The number of methoxy groups -OCH3 is 2. The van der Waals surface area contributed by atoms with Gasteiger partial charge in [-0.2, -0.15) is 0 Å². The van der Waals surface area contributed by atoms with Crippen molar-refractivity contribution in [1.82, 2.24) is 10.6 Å². The fraction of sp³-hybridized carbons (Fsp3) is 0.632. The van der Waals surface area contributed by atoms with Crippen molar-refractivity contribution in [3.63, 3.8) is 0 Å². The molecule has 0 saturated heterocycles. The van der Waals surface area contributed by atoms with Gasteiger partial charge in [0, 0.05) is 44.8 Å². The molecule has 0 bridgehead atoms. The number of hydrogen-bond donors (Lipinski definition) is 2. The maximum absolute atomic E-state index is 5.53. The minimum Gasteiger partial charge on any atom is -0.496 e. The SMILES string of the molecule is CN=C(NCCCOCCOC)NCC1(c2ccccc2OC)CC1.I. The van der Waals surface area contributed by atoms with Crippen LogP contribution >= 0.6 is 24.0 Å². The van der Waals surface area contributed by atoms with Crippen molar-refractivity contribution >= 4 is 29.9 Å². The fourth-order valence-electron chi connectivity index (χ4n) is 2.87. The normalized spacial score (nSPS) is 15.1. The fourth-order valence-corrected chi connectivity index (χ4v) is 2.87. The van der Waals surface area contributed by atoms with E-state index < -0.39 is 0 Å². The van der Waals surface area contributed by atoms with E-state index in [0.29, 0.717) is 13.2 Å². The van der Waals surface area contributed by atoms with Crippen LogP contribution in [0.5, 0.6) is 5.75 Å². The Balaban J connectivity index is 0.00000338. The van der Waals surface area contributed by atoms with Gasteiger partial charge in [0.1, 0.15) is 5.75 Å². The molecule has 148 valence electrons. The zero-order valence-electron chi connectivity index (χ0n) is 16.0. The number of benzene rings is 1. The highest BCUT2D eigenvalue weighted by atomic mass is 127. The maximum Gasteiger partial charge on any atom is 0.191 e. The molecule has 0 aliphatic heterocycles. The van der Waals surface area contributed by atoms with Crippen molar-refractivity contribution in [2.75, 3.05) is 54.2 Å². The number of para-hydroxylation sites is 1. The second kappa shape index (κ2) is 12.3. The Morgan fingerprint density at radius 1 is 1.12 bits per heavy atom. The van der Waals surface area contributed by atoms with E-state index in [2.05, 4.69) is 27.8 Å². The summed E-state index contributed by atoms with van der Waals surface area (Å²) in [6.07, 6.45) is 3.28. The third-order valence-electron chi connectivity index (χ3n) is 4.54. The van der Waals surface area contributed by atoms with Crippen molar-refractivity contribution in [3.05, 3.63) is 29.8 Å². The highest BCUT2D eigenvalue weighted by molar-refractivity contribution is 14.0. The van der Waals surface area contributed by atoms with Gasteiger partial charge >= 0.3 is 0 Å². The molecule has 6 nitrogen and oxygen atoms in total. The van der Waals surface area contributed by atoms with Crippen LogP contribution in [-0.4, -0.2) is 60.1 Å². The van der Waals surface area contributed by atoms with Crippen molar-refractivity contribution in [1.29, 1.82) is 0 Å². The second-order valence-electron chi connectivity index (χ2n) is 6.29. The Morgan fingerprint density at radius 3 is 2.54 bits per heavy atom. The maximum atomic E-state index is 5.53. The molecule has 1 aromatic rings. The van der Waals surface area contributed by atoms with Gasteiger partial charge in [0.15, 0.2) is 5.96 Å². The van der Waals surface area contributed by atoms with E-state index in [1.165, 1.54) is 18.4 Å². The van der Waals surface area contributed by atoms with Gasteiger partial charge in [0.2, 0.25) is 0 Å². The van der Waals surface area contributed by atoms with Gasteiger partial charge in [-0.1, -0.05) is 18.2 Å². The molecule has 1 aliphatic rings. The van der Waals surface area contributed by atoms with E-state index in [0.717, 1.165) is 37.8 Å². The smallest absolute Gasteiger partial charge is 0.191 e. The molecule has 0 aromatic heterocycles. The summed E-state index contributed by atoms with van der Waals surface area (Å²) in [7, 11) is 5.21. The highest BCUT2D eigenvalue weighted by Crippen LogP contribution is 2.50. The Kier molecular flexibility index (Phi) is 10.9. The van der Waals surface area contributed by atoms with E-state index in [1.807, 2.05) is 12.1 Å². The van der Waals surface area contributed by atoms with E-state index in [-0.39, 0.29) is 29.4 Å². The summed E-state index contributed by atoms with van der Waals surface area (Å²) in [5.41, 5.74) is 1.44. The van der Waals surface area contributed by atoms with Gasteiger partial charge in [-0.25, -0.2) is 0 Å². The lowest BCUT2D eigenvalue weighted by atomic mass is 9.95. The minimum atomic E-state index is 0. The van der Waals surface area contributed by atoms with Crippen molar-refractivity contribution < 1.29 is 14.2 Å². The Morgan fingerprint density at radius 2 is 1.88 bits per heavy atom. The van der Waals surface area contributed by atoms with Crippen LogP contribution in [0, 0.1) is 0 Å². The molecule has 0 amide bonds. The molecule has 7 heteroatoms. The second-order valence-corrected chi connectivity index (χ2v) is 6.29. The van der Waals surface area contributed by atoms with Gasteiger partial charge in [0.25, 0.3) is 0 Å². The number of nitrogens with zero attached hydrogens (tertiary/aromatic N) is 1. The van der Waals surface area contributed by atoms with Crippen LogP contribution in [0.3, 0.4) is 0 Å². The third kappa shape index (κ3) is 6.92. The summed E-state index contributed by atoms with van der Waals surface area (Å²) in [4.78, 5) is 4.30. The molecule has 0 unspecified atom stereocenters. The molecular formula is C19H32IN3O3. The number of rotatable bonds is 11. The van der Waals surface area contributed by atoms with Crippen LogP contribution in [0.4, 0.5) is 0 Å². The van der Waals surface area contributed by atoms with Gasteiger partial charge in [0.05, 0.1) is 20.3 Å². The molecular weight excluding hydrogens is 445 g/mol. The number of halogens is 1. The first-order valence-electron chi connectivity index (χ1n) is 8.90. The largest absolute Gasteiger partial charge is 0.496 e. The first kappa shape index (κ1) is 23.0. The summed E-state index contributed by atoms with van der Waals surface area (Å²) in [6.45, 7) is 3.69. The van der Waals surface area contributed by atoms with Crippen LogP contribution in [0.15, 0.2) is 29.3 Å². The van der Waals surface area contributed by atoms with Crippen molar-refractivity contribution in [2.45, 2.75) is 24.7 Å². The first-order chi connectivity index (χ1) is 12.3. The van der Waals surface area contributed by atoms with E-state index >= 15 is 0 Å². The lowest BCUT2D eigenvalue weighted by Crippen LogP contribution is -2.41. The van der Waals surface area contributed by atoms with Crippen LogP contribution < -0.4 is 15.4 Å². The van der Waals surface area contributed by atoms with Gasteiger partial charge < -0.3 is 24.8 Å². The average molecular weight is 477 g/mol. The summed E-state index contributed by atoms with van der Waals surface area (Å²) < 4.78 is 15.9. The summed E-state index contributed by atoms with van der Waals surface area (Å²) >= 11 is 0. The standard InChI is InChI=1S/C19H31N3O3.HI/c1-20-18(21-11-6-12-25-14-13-23-2)22-15-19(9-10-19)16-7-4-5-8-17(16)24-3;/h4-5,7-8H,6,9-15H2,1-3H3,(H2,20,21,22);1H. The molecule has 26 heavy (non-hydrogen) atoms. The topological polar surface area (TPSA) is 64.1 Å². The lowest BCUT2D eigenvalue weighted by molar-refractivity contribution is 0.0698. The van der Waals surface area contributed by atoms with Gasteiger partial charge in [-0.05, 0) is 25.3 Å². The van der Waals surface area contributed by atoms with Gasteiger partial charge in [-0.3, -0.25) is 4.99 Å². The summed E-state index contributed by atoms with van der Waals surface area (Å²) in [5, 5.41) is 6.79. The van der Waals surface area contributed by atoms with Crippen LogP contribution in [0.2, 0.25) is 0 Å². The Hall–Kier alpha value is -1.06. The van der Waals surface area contributed by atoms with Crippen LogP contribution in [-0.2, 0) is 14.9 Å². The molecule has 1 aliphatic carbocycles. The third-order valence-corrected chi connectivity index (χ3v) is 4.54. The molecule has 0 radical (unpaired) electrons. The van der Waals surface area contributed by atoms with Crippen LogP contribution in [0.1, 0.15) is 24.8 Å². The minimum absolute atomic E-state index is 0. The predicted molar refractivity (Wildman–Crippen MR) is 116 cm³/mol. The molecule has 1 aromatic carbocycles. The Labute approximate surface area is 174 Å². The molecule has 1 saturated carbocycles.